The van der Waals surface area contributed by atoms with Gasteiger partial charge in [-0.3, -0.25) is 4.98 Å². The number of rotatable bonds is 8. The number of aromatic nitrogens is 1. The normalized spacial score (nSPS) is 11.6. The van der Waals surface area contributed by atoms with Crippen LogP contribution in [-0.2, 0) is 19.2 Å². The zero-order chi connectivity index (χ0) is 27.4. The number of hydrogen-bond donors (Lipinski definition) is 0. The highest BCUT2D eigenvalue weighted by atomic mass is 19.4. The highest BCUT2D eigenvalue weighted by Gasteiger charge is 2.33. The molecule has 0 N–H and O–H groups in total. The van der Waals surface area contributed by atoms with Gasteiger partial charge in [-0.2, -0.15) is 22.0 Å². The number of fused-ring (bicyclic) bond motifs is 1. The number of pyridine rings is 1. The molecule has 0 amide bonds. The lowest BCUT2D eigenvalue weighted by molar-refractivity contribution is -0.136. The number of hydrogen-bond acceptors (Lipinski definition) is 3. The SMILES string of the molecule is FC(F)Oc1ccccc1COc1cccc(-c2c(Cc3ccccc3)cnc3c(C(F)(F)F)cccc23)c1. The van der Waals surface area contributed by atoms with Crippen LogP contribution in [0.5, 0.6) is 11.5 Å². The van der Waals surface area contributed by atoms with Crippen LogP contribution in [0.2, 0.25) is 0 Å². The van der Waals surface area contributed by atoms with Gasteiger partial charge >= 0.3 is 12.8 Å². The largest absolute Gasteiger partial charge is 0.489 e. The average Bonchev–Trinajstić information content (AvgIpc) is 2.92. The van der Waals surface area contributed by atoms with E-state index in [2.05, 4.69) is 9.72 Å². The first-order chi connectivity index (χ1) is 18.8. The third kappa shape index (κ3) is 6.00. The molecule has 4 aromatic carbocycles. The molecule has 0 saturated heterocycles. The van der Waals surface area contributed by atoms with E-state index < -0.39 is 18.4 Å². The van der Waals surface area contributed by atoms with Gasteiger partial charge in [0.05, 0.1) is 11.1 Å². The molecule has 0 aliphatic carbocycles. The molecule has 39 heavy (non-hydrogen) atoms. The molecular weight excluding hydrogens is 513 g/mol. The van der Waals surface area contributed by atoms with Crippen LogP contribution < -0.4 is 9.47 Å². The van der Waals surface area contributed by atoms with E-state index in [0.717, 1.165) is 17.2 Å². The summed E-state index contributed by atoms with van der Waals surface area (Å²) in [6, 6.07) is 26.9. The van der Waals surface area contributed by atoms with Gasteiger partial charge in [-0.1, -0.05) is 72.8 Å². The van der Waals surface area contributed by atoms with E-state index in [1.54, 1.807) is 48.5 Å². The molecular formula is C31H22F5NO2. The Morgan fingerprint density at radius 2 is 1.51 bits per heavy atom. The smallest absolute Gasteiger partial charge is 0.418 e. The van der Waals surface area contributed by atoms with Crippen molar-refractivity contribution in [3.63, 3.8) is 0 Å². The van der Waals surface area contributed by atoms with Crippen LogP contribution in [0, 0.1) is 0 Å². The number of alkyl halides is 5. The molecule has 3 nitrogen and oxygen atoms in total. The molecule has 0 spiro atoms. The lowest BCUT2D eigenvalue weighted by Gasteiger charge is -2.17. The van der Waals surface area contributed by atoms with Crippen molar-refractivity contribution < 1.29 is 31.4 Å². The fraction of sp³-hybridized carbons (Fsp3) is 0.129. The summed E-state index contributed by atoms with van der Waals surface area (Å²) in [4.78, 5) is 4.24. The lowest BCUT2D eigenvalue weighted by Crippen LogP contribution is -2.07. The number of nitrogens with zero attached hydrogens (tertiary/aromatic N) is 1. The predicted molar refractivity (Wildman–Crippen MR) is 139 cm³/mol. The van der Waals surface area contributed by atoms with Gasteiger partial charge in [0.15, 0.2) is 0 Å². The summed E-state index contributed by atoms with van der Waals surface area (Å²) in [6.07, 6.45) is -2.62. The molecule has 5 aromatic rings. The molecule has 0 unspecified atom stereocenters. The van der Waals surface area contributed by atoms with Crippen LogP contribution in [0.3, 0.4) is 0 Å². The molecule has 1 aromatic heterocycles. The summed E-state index contributed by atoms with van der Waals surface area (Å²) in [6.45, 7) is -3.02. The van der Waals surface area contributed by atoms with Gasteiger partial charge in [-0.05, 0) is 52.9 Å². The maximum absolute atomic E-state index is 13.8. The van der Waals surface area contributed by atoms with Gasteiger partial charge in [0.1, 0.15) is 18.1 Å². The van der Waals surface area contributed by atoms with Crippen LogP contribution in [-0.4, -0.2) is 11.6 Å². The number of halogens is 5. The van der Waals surface area contributed by atoms with Crippen molar-refractivity contribution in [2.24, 2.45) is 0 Å². The van der Waals surface area contributed by atoms with E-state index >= 15 is 0 Å². The summed E-state index contributed by atoms with van der Waals surface area (Å²) < 4.78 is 77.5. The Kier molecular flexibility index (Phi) is 7.45. The maximum atomic E-state index is 13.8. The van der Waals surface area contributed by atoms with Crippen LogP contribution in [0.25, 0.3) is 22.0 Å². The van der Waals surface area contributed by atoms with Crippen molar-refractivity contribution in [3.8, 4) is 22.6 Å². The van der Waals surface area contributed by atoms with Crippen molar-refractivity contribution in [1.29, 1.82) is 0 Å². The Balaban J connectivity index is 1.56. The Morgan fingerprint density at radius 3 is 2.28 bits per heavy atom. The topological polar surface area (TPSA) is 31.4 Å². The standard InChI is InChI=1S/C31H22F5NO2/c32-30(33)39-27-15-5-4-10-22(27)19-38-24-12-6-11-21(17-24)28-23(16-20-8-2-1-3-9-20)18-37-29-25(28)13-7-14-26(29)31(34,35)36/h1-15,17-18,30H,16,19H2. The zero-order valence-electron chi connectivity index (χ0n) is 20.5. The van der Waals surface area contributed by atoms with E-state index in [-0.39, 0.29) is 17.9 Å². The maximum Gasteiger partial charge on any atom is 0.418 e. The molecule has 1 heterocycles. The van der Waals surface area contributed by atoms with Crippen LogP contribution in [0.1, 0.15) is 22.3 Å². The van der Waals surface area contributed by atoms with E-state index in [1.807, 2.05) is 30.3 Å². The Labute approximate surface area is 221 Å². The first-order valence-electron chi connectivity index (χ1n) is 12.1. The quantitative estimate of drug-likeness (QED) is 0.186. The number of ether oxygens (including phenoxy) is 2. The van der Waals surface area contributed by atoms with Crippen LogP contribution in [0.15, 0.2) is 103 Å². The molecule has 0 bridgehead atoms. The van der Waals surface area contributed by atoms with Gasteiger partial charge in [0.2, 0.25) is 0 Å². The first-order valence-corrected chi connectivity index (χ1v) is 12.1. The minimum Gasteiger partial charge on any atom is -0.489 e. The first kappa shape index (κ1) is 26.2. The second-order valence-electron chi connectivity index (χ2n) is 8.82. The highest BCUT2D eigenvalue weighted by molar-refractivity contribution is 5.98. The summed E-state index contributed by atoms with van der Waals surface area (Å²) >= 11 is 0. The summed E-state index contributed by atoms with van der Waals surface area (Å²) in [5.74, 6) is 0.426. The summed E-state index contributed by atoms with van der Waals surface area (Å²) in [7, 11) is 0. The average molecular weight is 536 g/mol. The minimum atomic E-state index is -4.57. The molecule has 0 radical (unpaired) electrons. The van der Waals surface area contributed by atoms with E-state index in [0.29, 0.717) is 34.2 Å². The van der Waals surface area contributed by atoms with Crippen molar-refractivity contribution in [2.45, 2.75) is 25.8 Å². The number of benzene rings is 4. The molecule has 5 rings (SSSR count). The van der Waals surface area contributed by atoms with Gasteiger partial charge in [0.25, 0.3) is 0 Å². The van der Waals surface area contributed by atoms with Gasteiger partial charge in [-0.25, -0.2) is 0 Å². The van der Waals surface area contributed by atoms with Crippen LogP contribution >= 0.6 is 0 Å². The van der Waals surface area contributed by atoms with E-state index in [1.165, 1.54) is 18.3 Å². The molecule has 0 atom stereocenters. The van der Waals surface area contributed by atoms with Crippen molar-refractivity contribution >= 4 is 10.9 Å². The molecule has 0 aliphatic heterocycles. The van der Waals surface area contributed by atoms with Crippen LogP contribution in [0.4, 0.5) is 22.0 Å². The predicted octanol–water partition coefficient (Wildman–Crippen LogP) is 8.69. The fourth-order valence-electron chi connectivity index (χ4n) is 4.52. The van der Waals surface area contributed by atoms with E-state index in [4.69, 9.17) is 4.74 Å². The van der Waals surface area contributed by atoms with Gasteiger partial charge in [0, 0.05) is 17.1 Å². The lowest BCUT2D eigenvalue weighted by atomic mass is 9.92. The fourth-order valence-corrected chi connectivity index (χ4v) is 4.52. The van der Waals surface area contributed by atoms with Gasteiger partial charge in [-0.15, -0.1) is 0 Å². The molecule has 198 valence electrons. The Morgan fingerprint density at radius 1 is 0.769 bits per heavy atom. The third-order valence-electron chi connectivity index (χ3n) is 6.22. The second-order valence-corrected chi connectivity index (χ2v) is 8.82. The molecule has 0 fully saturated rings. The highest BCUT2D eigenvalue weighted by Crippen LogP contribution is 2.39. The van der Waals surface area contributed by atoms with Crippen molar-refractivity contribution in [3.05, 3.63) is 126 Å². The third-order valence-corrected chi connectivity index (χ3v) is 6.22. The van der Waals surface area contributed by atoms with Gasteiger partial charge < -0.3 is 9.47 Å². The molecule has 8 heteroatoms. The zero-order valence-corrected chi connectivity index (χ0v) is 20.5. The summed E-state index contributed by atoms with van der Waals surface area (Å²) in [5.41, 5.74) is 2.47. The monoisotopic (exact) mass is 535 g/mol. The van der Waals surface area contributed by atoms with E-state index in [9.17, 15) is 22.0 Å². The number of para-hydroxylation sites is 2. The Bertz CT molecular complexity index is 1590. The molecule has 0 saturated carbocycles. The second kappa shape index (κ2) is 11.1. The minimum absolute atomic E-state index is 0.00797. The van der Waals surface area contributed by atoms with Crippen molar-refractivity contribution in [2.75, 3.05) is 0 Å². The molecule has 0 aliphatic rings. The Hall–Kier alpha value is -4.46. The summed E-state index contributed by atoms with van der Waals surface area (Å²) in [5, 5.41) is 0.367. The van der Waals surface area contributed by atoms with Crippen molar-refractivity contribution in [1.82, 2.24) is 4.98 Å².